The summed E-state index contributed by atoms with van der Waals surface area (Å²) in [6.45, 7) is 0.865. The number of benzene rings is 2. The number of carbonyl (C=O) groups is 2. The first-order valence-electron chi connectivity index (χ1n) is 7.19. The first-order chi connectivity index (χ1) is 11.8. The Kier molecular flexibility index (Phi) is 6.61. The van der Waals surface area contributed by atoms with E-state index in [1.54, 1.807) is 6.07 Å². The van der Waals surface area contributed by atoms with Crippen LogP contribution < -0.4 is 10.1 Å². The fraction of sp³-hybridized carbons (Fsp3) is 0.176. The van der Waals surface area contributed by atoms with Gasteiger partial charge in [-0.05, 0) is 37.3 Å². The number of rotatable bonds is 6. The molecular formula is C17H14Cl2FNO4. The van der Waals surface area contributed by atoms with Crippen LogP contribution in [0.15, 0.2) is 42.5 Å². The lowest BCUT2D eigenvalue weighted by atomic mass is 10.3. The van der Waals surface area contributed by atoms with E-state index < -0.39 is 30.4 Å². The molecule has 0 saturated carbocycles. The number of anilines is 1. The van der Waals surface area contributed by atoms with E-state index in [9.17, 15) is 14.0 Å². The molecule has 0 aliphatic carbocycles. The average molecular weight is 386 g/mol. The highest BCUT2D eigenvalue weighted by Gasteiger charge is 2.19. The van der Waals surface area contributed by atoms with Gasteiger partial charge in [-0.25, -0.2) is 9.18 Å². The monoisotopic (exact) mass is 385 g/mol. The lowest BCUT2D eigenvalue weighted by molar-refractivity contribution is -0.155. The SMILES string of the molecule is C[C@H](OC(=O)COc1ccccc1F)C(=O)Nc1cc(Cl)cc(Cl)c1. The van der Waals surface area contributed by atoms with Crippen LogP contribution in [-0.4, -0.2) is 24.6 Å². The van der Waals surface area contributed by atoms with Crippen LogP contribution in [0.4, 0.5) is 10.1 Å². The van der Waals surface area contributed by atoms with Gasteiger partial charge in [0.05, 0.1) is 0 Å². The second kappa shape index (κ2) is 8.69. The molecule has 5 nitrogen and oxygen atoms in total. The average Bonchev–Trinajstić information content (AvgIpc) is 2.53. The molecule has 0 radical (unpaired) electrons. The van der Waals surface area contributed by atoms with Gasteiger partial charge in [-0.1, -0.05) is 35.3 Å². The Morgan fingerprint density at radius 1 is 1.16 bits per heavy atom. The van der Waals surface area contributed by atoms with Crippen LogP contribution in [0.3, 0.4) is 0 Å². The van der Waals surface area contributed by atoms with Crippen LogP contribution in [0.25, 0.3) is 0 Å². The van der Waals surface area contributed by atoms with Crippen molar-refractivity contribution in [3.05, 3.63) is 58.3 Å². The van der Waals surface area contributed by atoms with Gasteiger partial charge >= 0.3 is 5.97 Å². The summed E-state index contributed by atoms with van der Waals surface area (Å²) < 4.78 is 23.3. The lowest BCUT2D eigenvalue weighted by Crippen LogP contribution is -2.31. The highest BCUT2D eigenvalue weighted by Crippen LogP contribution is 2.22. The van der Waals surface area contributed by atoms with Gasteiger partial charge < -0.3 is 14.8 Å². The molecule has 8 heteroatoms. The molecule has 2 aromatic carbocycles. The van der Waals surface area contributed by atoms with Crippen molar-refractivity contribution in [3.8, 4) is 5.75 Å². The van der Waals surface area contributed by atoms with Crippen LogP contribution in [0.5, 0.6) is 5.75 Å². The fourth-order valence-corrected chi connectivity index (χ4v) is 2.38. The molecule has 1 N–H and O–H groups in total. The van der Waals surface area contributed by atoms with E-state index in [1.807, 2.05) is 0 Å². The van der Waals surface area contributed by atoms with Gasteiger partial charge in [-0.3, -0.25) is 4.79 Å². The molecule has 0 heterocycles. The number of esters is 1. The Bertz CT molecular complexity index is 765. The first-order valence-corrected chi connectivity index (χ1v) is 7.94. The number of amides is 1. The minimum absolute atomic E-state index is 0.0786. The number of carbonyl (C=O) groups excluding carboxylic acids is 2. The molecule has 0 spiro atoms. The molecule has 0 unspecified atom stereocenters. The minimum atomic E-state index is -1.09. The zero-order valence-electron chi connectivity index (χ0n) is 13.1. The summed E-state index contributed by atoms with van der Waals surface area (Å²) in [5, 5.41) is 3.23. The maximum absolute atomic E-state index is 13.4. The molecular weight excluding hydrogens is 372 g/mol. The number of nitrogens with one attached hydrogen (secondary N) is 1. The molecule has 0 aliphatic heterocycles. The molecule has 0 bridgehead atoms. The zero-order chi connectivity index (χ0) is 18.4. The third kappa shape index (κ3) is 5.92. The molecule has 0 aromatic heterocycles. The maximum Gasteiger partial charge on any atom is 0.344 e. The Morgan fingerprint density at radius 2 is 1.80 bits per heavy atom. The molecule has 0 aliphatic rings. The van der Waals surface area contributed by atoms with E-state index in [2.05, 4.69) is 5.32 Å². The van der Waals surface area contributed by atoms with Gasteiger partial charge in [-0.2, -0.15) is 0 Å². The number of ether oxygens (including phenoxy) is 2. The van der Waals surface area contributed by atoms with Gasteiger partial charge in [0, 0.05) is 15.7 Å². The number of hydrogen-bond donors (Lipinski definition) is 1. The van der Waals surface area contributed by atoms with Crippen LogP contribution in [0.2, 0.25) is 10.0 Å². The normalized spacial score (nSPS) is 11.5. The standard InChI is InChI=1S/C17H14Cl2FNO4/c1-10(17(23)21-13-7-11(18)6-12(19)8-13)25-16(22)9-24-15-5-3-2-4-14(15)20/h2-8,10H,9H2,1H3,(H,21,23)/t10-/m0/s1. The van der Waals surface area contributed by atoms with Crippen LogP contribution in [-0.2, 0) is 14.3 Å². The van der Waals surface area contributed by atoms with Gasteiger partial charge in [0.2, 0.25) is 0 Å². The summed E-state index contributed by atoms with van der Waals surface area (Å²) in [5.41, 5.74) is 0.369. The van der Waals surface area contributed by atoms with Crippen molar-refractivity contribution >= 4 is 40.8 Å². The molecule has 25 heavy (non-hydrogen) atoms. The number of hydrogen-bond acceptors (Lipinski definition) is 4. The summed E-state index contributed by atoms with van der Waals surface area (Å²) in [5.74, 6) is -2.06. The third-order valence-electron chi connectivity index (χ3n) is 2.99. The maximum atomic E-state index is 13.4. The number of halogens is 3. The van der Waals surface area contributed by atoms with Gasteiger partial charge in [0.25, 0.3) is 5.91 Å². The molecule has 132 valence electrons. The van der Waals surface area contributed by atoms with Crippen molar-refractivity contribution in [1.29, 1.82) is 0 Å². The van der Waals surface area contributed by atoms with E-state index in [1.165, 1.54) is 43.3 Å². The predicted molar refractivity (Wildman–Crippen MR) is 92.5 cm³/mol. The van der Waals surface area contributed by atoms with E-state index in [0.29, 0.717) is 15.7 Å². The molecule has 2 aromatic rings. The minimum Gasteiger partial charge on any atom is -0.479 e. The lowest BCUT2D eigenvalue weighted by Gasteiger charge is -2.14. The van der Waals surface area contributed by atoms with Crippen molar-refractivity contribution < 1.29 is 23.5 Å². The van der Waals surface area contributed by atoms with Gasteiger partial charge in [-0.15, -0.1) is 0 Å². The molecule has 1 amide bonds. The smallest absolute Gasteiger partial charge is 0.344 e. The second-order valence-electron chi connectivity index (χ2n) is 5.00. The van der Waals surface area contributed by atoms with Gasteiger partial charge in [0.1, 0.15) is 0 Å². The largest absolute Gasteiger partial charge is 0.479 e. The molecule has 0 saturated heterocycles. The predicted octanol–water partition coefficient (Wildman–Crippen LogP) is 4.08. The van der Waals surface area contributed by atoms with Crippen molar-refractivity contribution in [2.24, 2.45) is 0 Å². The summed E-state index contributed by atoms with van der Waals surface area (Å²) in [4.78, 5) is 23.7. The zero-order valence-corrected chi connectivity index (χ0v) is 14.6. The third-order valence-corrected chi connectivity index (χ3v) is 3.43. The summed E-state index contributed by atoms with van der Waals surface area (Å²) >= 11 is 11.7. The Morgan fingerprint density at radius 3 is 2.44 bits per heavy atom. The van der Waals surface area contributed by atoms with Crippen molar-refractivity contribution in [3.63, 3.8) is 0 Å². The van der Waals surface area contributed by atoms with Crippen molar-refractivity contribution in [2.75, 3.05) is 11.9 Å². The fourth-order valence-electron chi connectivity index (χ4n) is 1.85. The second-order valence-corrected chi connectivity index (χ2v) is 5.87. The van der Waals surface area contributed by atoms with Crippen LogP contribution >= 0.6 is 23.2 Å². The van der Waals surface area contributed by atoms with Crippen LogP contribution in [0, 0.1) is 5.82 Å². The van der Waals surface area contributed by atoms with Crippen molar-refractivity contribution in [1.82, 2.24) is 0 Å². The topological polar surface area (TPSA) is 64.6 Å². The van der Waals surface area contributed by atoms with Crippen molar-refractivity contribution in [2.45, 2.75) is 13.0 Å². The highest BCUT2D eigenvalue weighted by molar-refractivity contribution is 6.35. The van der Waals surface area contributed by atoms with E-state index in [4.69, 9.17) is 32.7 Å². The molecule has 1 atom stereocenters. The van der Waals surface area contributed by atoms with Crippen LogP contribution in [0.1, 0.15) is 6.92 Å². The Labute approximate surface area is 153 Å². The van der Waals surface area contributed by atoms with E-state index >= 15 is 0 Å². The molecule has 0 fully saturated rings. The summed E-state index contributed by atoms with van der Waals surface area (Å²) in [7, 11) is 0. The highest BCUT2D eigenvalue weighted by atomic mass is 35.5. The van der Waals surface area contributed by atoms with E-state index in [0.717, 1.165) is 0 Å². The Balaban J connectivity index is 1.85. The van der Waals surface area contributed by atoms with Gasteiger partial charge in [0.15, 0.2) is 24.3 Å². The van der Waals surface area contributed by atoms with E-state index in [-0.39, 0.29) is 5.75 Å². The molecule has 2 rings (SSSR count). The Hall–Kier alpha value is -2.31. The number of para-hydroxylation sites is 1. The quantitative estimate of drug-likeness (QED) is 0.760. The summed E-state index contributed by atoms with van der Waals surface area (Å²) in [6.07, 6.45) is -1.09. The summed E-state index contributed by atoms with van der Waals surface area (Å²) in [6, 6.07) is 10.2. The first kappa shape index (κ1) is 19.0.